The monoisotopic (exact) mass is 476 g/mol. The lowest BCUT2D eigenvalue weighted by Crippen LogP contribution is -2.31. The number of amides is 1. The Hall–Kier alpha value is -3.29. The van der Waals surface area contributed by atoms with Crippen molar-refractivity contribution in [3.8, 4) is 0 Å². The molecule has 1 heterocycles. The highest BCUT2D eigenvalue weighted by atomic mass is 32.2. The zero-order valence-electron chi connectivity index (χ0n) is 19.2. The van der Waals surface area contributed by atoms with Crippen LogP contribution in [0.1, 0.15) is 57.5 Å². The number of benzene rings is 3. The highest BCUT2D eigenvalue weighted by Crippen LogP contribution is 2.24. The van der Waals surface area contributed by atoms with Crippen LogP contribution in [0.3, 0.4) is 0 Å². The second-order valence-electron chi connectivity index (χ2n) is 8.54. The first-order chi connectivity index (χ1) is 16.4. The van der Waals surface area contributed by atoms with Gasteiger partial charge in [-0.05, 0) is 56.2 Å². The van der Waals surface area contributed by atoms with Gasteiger partial charge in [-0.1, -0.05) is 54.8 Å². The minimum Gasteiger partial charge on any atom is -0.321 e. The van der Waals surface area contributed by atoms with Crippen molar-refractivity contribution in [3.05, 3.63) is 95.1 Å². The summed E-state index contributed by atoms with van der Waals surface area (Å²) < 4.78 is 27.5. The SMILES string of the molecule is Cc1ccc(NC(=O)c2ccc(S(=O)(=O)N3CCCCCC3)cc2)c(C(=O)c2ccccc2)c1. The van der Waals surface area contributed by atoms with Crippen molar-refractivity contribution in [2.45, 2.75) is 37.5 Å². The number of hydrogen-bond donors (Lipinski definition) is 1. The molecule has 1 fully saturated rings. The van der Waals surface area contributed by atoms with Crippen LogP contribution >= 0.6 is 0 Å². The molecule has 0 radical (unpaired) electrons. The Morgan fingerprint density at radius 3 is 2.09 bits per heavy atom. The summed E-state index contributed by atoms with van der Waals surface area (Å²) in [5, 5.41) is 2.81. The van der Waals surface area contributed by atoms with Crippen LogP contribution in [0.25, 0.3) is 0 Å². The van der Waals surface area contributed by atoms with Crippen molar-refractivity contribution in [2.24, 2.45) is 0 Å². The lowest BCUT2D eigenvalue weighted by molar-refractivity contribution is 0.102. The Labute approximate surface area is 200 Å². The fourth-order valence-electron chi connectivity index (χ4n) is 4.10. The molecule has 1 aliphatic rings. The molecular weight excluding hydrogens is 448 g/mol. The van der Waals surface area contributed by atoms with Crippen LogP contribution in [0.4, 0.5) is 5.69 Å². The predicted octanol–water partition coefficient (Wildman–Crippen LogP) is 5.04. The van der Waals surface area contributed by atoms with Crippen molar-refractivity contribution >= 4 is 27.4 Å². The normalized spacial score (nSPS) is 14.9. The van der Waals surface area contributed by atoms with Gasteiger partial charge in [-0.3, -0.25) is 9.59 Å². The van der Waals surface area contributed by atoms with Crippen molar-refractivity contribution in [1.29, 1.82) is 0 Å². The molecule has 0 bridgehead atoms. The zero-order chi connectivity index (χ0) is 24.1. The minimum absolute atomic E-state index is 0.182. The van der Waals surface area contributed by atoms with Gasteiger partial charge in [0.1, 0.15) is 0 Å². The molecule has 34 heavy (non-hydrogen) atoms. The molecule has 0 unspecified atom stereocenters. The fraction of sp³-hybridized carbons (Fsp3) is 0.259. The van der Waals surface area contributed by atoms with Crippen molar-refractivity contribution in [1.82, 2.24) is 4.31 Å². The molecule has 7 heteroatoms. The molecule has 1 amide bonds. The lowest BCUT2D eigenvalue weighted by atomic mass is 9.99. The molecule has 0 aromatic heterocycles. The van der Waals surface area contributed by atoms with Gasteiger partial charge in [-0.25, -0.2) is 8.42 Å². The molecule has 0 saturated carbocycles. The number of nitrogens with zero attached hydrogens (tertiary/aromatic N) is 1. The molecule has 3 aromatic rings. The number of carbonyl (C=O) groups is 2. The minimum atomic E-state index is -3.58. The molecule has 3 aromatic carbocycles. The zero-order valence-corrected chi connectivity index (χ0v) is 20.0. The third-order valence-electron chi connectivity index (χ3n) is 6.02. The van der Waals surface area contributed by atoms with E-state index >= 15 is 0 Å². The molecule has 1 aliphatic heterocycles. The van der Waals surface area contributed by atoms with E-state index in [1.807, 2.05) is 19.1 Å². The van der Waals surface area contributed by atoms with Crippen LogP contribution in [0, 0.1) is 6.92 Å². The maximum atomic E-state index is 13.0. The number of ketones is 1. The number of aryl methyl sites for hydroxylation is 1. The molecule has 6 nitrogen and oxygen atoms in total. The van der Waals surface area contributed by atoms with Gasteiger partial charge in [-0.2, -0.15) is 4.31 Å². The summed E-state index contributed by atoms with van der Waals surface area (Å²) in [6, 6.07) is 20.1. The second-order valence-corrected chi connectivity index (χ2v) is 10.5. The van der Waals surface area contributed by atoms with Gasteiger partial charge in [0.15, 0.2) is 5.78 Å². The van der Waals surface area contributed by atoms with Gasteiger partial charge in [0.25, 0.3) is 5.91 Å². The number of carbonyl (C=O) groups excluding carboxylic acids is 2. The Morgan fingerprint density at radius 1 is 0.794 bits per heavy atom. The highest BCUT2D eigenvalue weighted by molar-refractivity contribution is 7.89. The number of sulfonamides is 1. The summed E-state index contributed by atoms with van der Waals surface area (Å²) in [7, 11) is -3.58. The third-order valence-corrected chi connectivity index (χ3v) is 7.94. The number of nitrogens with one attached hydrogen (secondary N) is 1. The average molecular weight is 477 g/mol. The maximum Gasteiger partial charge on any atom is 0.255 e. The Morgan fingerprint density at radius 2 is 1.44 bits per heavy atom. The molecule has 1 N–H and O–H groups in total. The first-order valence-electron chi connectivity index (χ1n) is 11.5. The topological polar surface area (TPSA) is 83.6 Å². The maximum absolute atomic E-state index is 13.0. The average Bonchev–Trinajstić information content (AvgIpc) is 3.16. The number of anilines is 1. The van der Waals surface area contributed by atoms with E-state index in [4.69, 9.17) is 0 Å². The van der Waals surface area contributed by atoms with E-state index < -0.39 is 15.9 Å². The fourth-order valence-corrected chi connectivity index (χ4v) is 5.62. The summed E-state index contributed by atoms with van der Waals surface area (Å²) in [4.78, 5) is 26.2. The van der Waals surface area contributed by atoms with Crippen LogP contribution < -0.4 is 5.32 Å². The van der Waals surface area contributed by atoms with Gasteiger partial charge in [0.05, 0.1) is 10.6 Å². The molecular formula is C27H28N2O4S. The smallest absolute Gasteiger partial charge is 0.255 e. The summed E-state index contributed by atoms with van der Waals surface area (Å²) in [6.07, 6.45) is 3.80. The Balaban J connectivity index is 1.54. The van der Waals surface area contributed by atoms with E-state index in [9.17, 15) is 18.0 Å². The standard InChI is InChI=1S/C27H28N2O4S/c1-20-11-16-25(24(19-20)26(30)21-9-5-4-6-10-21)28-27(31)22-12-14-23(15-13-22)34(32,33)29-17-7-2-3-8-18-29/h4-6,9-16,19H,2-3,7-8,17-18H2,1H3,(H,28,31). The molecule has 0 spiro atoms. The van der Waals surface area contributed by atoms with E-state index in [1.54, 1.807) is 36.4 Å². The molecule has 1 saturated heterocycles. The summed E-state index contributed by atoms with van der Waals surface area (Å²) >= 11 is 0. The highest BCUT2D eigenvalue weighted by Gasteiger charge is 2.25. The number of hydrogen-bond acceptors (Lipinski definition) is 4. The van der Waals surface area contributed by atoms with Crippen molar-refractivity contribution < 1.29 is 18.0 Å². The third kappa shape index (κ3) is 5.26. The van der Waals surface area contributed by atoms with Crippen LogP contribution in [-0.2, 0) is 10.0 Å². The molecule has 4 rings (SSSR count). The van der Waals surface area contributed by atoms with Gasteiger partial charge < -0.3 is 5.32 Å². The van der Waals surface area contributed by atoms with E-state index in [1.165, 1.54) is 28.6 Å². The summed E-state index contributed by atoms with van der Waals surface area (Å²) in [5.74, 6) is -0.594. The first kappa shape index (κ1) is 23.9. The van der Waals surface area contributed by atoms with Crippen LogP contribution in [0.5, 0.6) is 0 Å². The summed E-state index contributed by atoms with van der Waals surface area (Å²) in [5.41, 5.74) is 2.56. The lowest BCUT2D eigenvalue weighted by Gasteiger charge is -2.20. The largest absolute Gasteiger partial charge is 0.321 e. The van der Waals surface area contributed by atoms with Gasteiger partial charge in [0, 0.05) is 29.8 Å². The quantitative estimate of drug-likeness (QED) is 0.505. The van der Waals surface area contributed by atoms with Crippen molar-refractivity contribution in [2.75, 3.05) is 18.4 Å². The molecule has 0 atom stereocenters. The second kappa shape index (κ2) is 10.3. The molecule has 176 valence electrons. The van der Waals surface area contributed by atoms with Gasteiger partial charge >= 0.3 is 0 Å². The van der Waals surface area contributed by atoms with Crippen LogP contribution in [-0.4, -0.2) is 37.5 Å². The van der Waals surface area contributed by atoms with Crippen LogP contribution in [0.15, 0.2) is 77.7 Å². The van der Waals surface area contributed by atoms with E-state index in [0.717, 1.165) is 31.2 Å². The van der Waals surface area contributed by atoms with E-state index in [-0.39, 0.29) is 10.7 Å². The van der Waals surface area contributed by atoms with Crippen LogP contribution in [0.2, 0.25) is 0 Å². The Kier molecular flexibility index (Phi) is 7.24. The summed E-state index contributed by atoms with van der Waals surface area (Å²) in [6.45, 7) is 2.93. The van der Waals surface area contributed by atoms with Crippen molar-refractivity contribution in [3.63, 3.8) is 0 Å². The van der Waals surface area contributed by atoms with Gasteiger partial charge in [0.2, 0.25) is 10.0 Å². The predicted molar refractivity (Wildman–Crippen MR) is 133 cm³/mol. The Bertz CT molecular complexity index is 1280. The first-order valence-corrected chi connectivity index (χ1v) is 12.9. The number of rotatable bonds is 6. The molecule has 0 aliphatic carbocycles. The van der Waals surface area contributed by atoms with E-state index in [2.05, 4.69) is 5.32 Å². The van der Waals surface area contributed by atoms with Gasteiger partial charge in [-0.15, -0.1) is 0 Å². The van der Waals surface area contributed by atoms with E-state index in [0.29, 0.717) is 35.5 Å².